The van der Waals surface area contributed by atoms with Crippen LogP contribution in [0.15, 0.2) is 78.4 Å². The molecule has 3 aromatic rings. The van der Waals surface area contributed by atoms with E-state index in [0.717, 1.165) is 10.8 Å². The van der Waals surface area contributed by atoms with E-state index >= 15 is 0 Å². The Kier molecular flexibility index (Phi) is 5.65. The molecule has 0 aliphatic rings. The second kappa shape index (κ2) is 8.31. The lowest BCUT2D eigenvalue weighted by Gasteiger charge is -2.14. The van der Waals surface area contributed by atoms with Crippen molar-refractivity contribution in [1.82, 2.24) is 0 Å². The monoisotopic (exact) mass is 374 g/mol. The van der Waals surface area contributed by atoms with E-state index in [9.17, 15) is 24.6 Å². The molecule has 0 bridgehead atoms. The molecule has 0 aromatic heterocycles. The van der Waals surface area contributed by atoms with E-state index in [4.69, 9.17) is 0 Å². The second-order valence-electron chi connectivity index (χ2n) is 6.33. The van der Waals surface area contributed by atoms with Crippen molar-refractivity contribution >= 4 is 34.1 Å². The van der Waals surface area contributed by atoms with Crippen LogP contribution in [0.4, 0.5) is 0 Å². The molecular formula is C23H18O5. The largest absolute Gasteiger partial charge is 0.481 e. The third kappa shape index (κ3) is 4.15. The number of fused-ring (bicyclic) bond motifs is 1. The summed E-state index contributed by atoms with van der Waals surface area (Å²) < 4.78 is 0. The van der Waals surface area contributed by atoms with Gasteiger partial charge in [0.05, 0.1) is 12.0 Å². The van der Waals surface area contributed by atoms with E-state index in [0.29, 0.717) is 11.1 Å². The van der Waals surface area contributed by atoms with E-state index in [2.05, 4.69) is 0 Å². The van der Waals surface area contributed by atoms with Gasteiger partial charge in [-0.1, -0.05) is 72.8 Å². The van der Waals surface area contributed by atoms with Crippen molar-refractivity contribution in [2.24, 2.45) is 0 Å². The number of aliphatic carboxylic acids is 2. The first kappa shape index (κ1) is 19.0. The van der Waals surface area contributed by atoms with Gasteiger partial charge in [-0.2, -0.15) is 0 Å². The smallest absolute Gasteiger partial charge is 0.332 e. The highest BCUT2D eigenvalue weighted by Gasteiger charge is 2.23. The number of ketones is 1. The van der Waals surface area contributed by atoms with Crippen molar-refractivity contribution in [2.45, 2.75) is 12.8 Å². The Hall–Kier alpha value is -3.73. The Balaban J connectivity index is 2.20. The normalized spacial score (nSPS) is 11.7. The average Bonchev–Trinajstić information content (AvgIpc) is 2.70. The predicted octanol–water partition coefficient (Wildman–Crippen LogP) is 4.43. The molecule has 2 N–H and O–H groups in total. The fourth-order valence-electron chi connectivity index (χ4n) is 3.20. The summed E-state index contributed by atoms with van der Waals surface area (Å²) in [6.45, 7) is 0. The lowest BCUT2D eigenvalue weighted by Crippen LogP contribution is -2.12. The summed E-state index contributed by atoms with van der Waals surface area (Å²) in [6.07, 6.45) is -0.872. The summed E-state index contributed by atoms with van der Waals surface area (Å²) in [5.74, 6) is -2.87. The summed E-state index contributed by atoms with van der Waals surface area (Å²) in [6, 6.07) is 21.3. The van der Waals surface area contributed by atoms with Crippen LogP contribution in [-0.4, -0.2) is 27.9 Å². The maximum Gasteiger partial charge on any atom is 0.332 e. The van der Waals surface area contributed by atoms with Gasteiger partial charge in [-0.15, -0.1) is 0 Å². The Morgan fingerprint density at radius 2 is 1.36 bits per heavy atom. The molecule has 28 heavy (non-hydrogen) atoms. The molecule has 0 saturated carbocycles. The number of carboxylic acid groups (broad SMARTS) is 2. The summed E-state index contributed by atoms with van der Waals surface area (Å²) in [5, 5.41) is 20.5. The number of carbonyl (C=O) groups excluding carboxylic acids is 1. The molecule has 140 valence electrons. The molecule has 3 rings (SSSR count). The molecule has 5 heteroatoms. The van der Waals surface area contributed by atoms with Gasteiger partial charge in [-0.25, -0.2) is 4.79 Å². The average molecular weight is 374 g/mol. The molecule has 0 radical (unpaired) electrons. The number of allylic oxidation sites excluding steroid dienone is 1. The fourth-order valence-corrected chi connectivity index (χ4v) is 3.20. The van der Waals surface area contributed by atoms with Crippen LogP contribution >= 0.6 is 0 Å². The summed E-state index contributed by atoms with van der Waals surface area (Å²) >= 11 is 0. The molecule has 0 saturated heterocycles. The van der Waals surface area contributed by atoms with Crippen molar-refractivity contribution in [2.75, 3.05) is 0 Å². The number of Topliss-reactive ketones (excluding diaryl/α,β-unsaturated/α-hetero) is 1. The van der Waals surface area contributed by atoms with E-state index in [1.807, 2.05) is 30.3 Å². The van der Waals surface area contributed by atoms with Crippen LogP contribution in [-0.2, 0) is 9.59 Å². The van der Waals surface area contributed by atoms with Gasteiger partial charge in [-0.3, -0.25) is 9.59 Å². The van der Waals surface area contributed by atoms with E-state index in [1.54, 1.807) is 42.5 Å². The van der Waals surface area contributed by atoms with Crippen LogP contribution in [0, 0.1) is 0 Å². The lowest BCUT2D eigenvalue weighted by molar-refractivity contribution is -0.139. The first-order valence-corrected chi connectivity index (χ1v) is 8.71. The zero-order chi connectivity index (χ0) is 20.1. The minimum Gasteiger partial charge on any atom is -0.481 e. The molecule has 5 nitrogen and oxygen atoms in total. The molecule has 0 aliphatic carbocycles. The van der Waals surface area contributed by atoms with Gasteiger partial charge in [0.15, 0.2) is 5.78 Å². The Morgan fingerprint density at radius 1 is 0.714 bits per heavy atom. The van der Waals surface area contributed by atoms with Gasteiger partial charge in [0.1, 0.15) is 0 Å². The SMILES string of the molecule is O=C(O)CC(C(=O)O)=C(CC(=O)c1ccccc1)c1cccc2ccccc12. The highest BCUT2D eigenvalue weighted by Crippen LogP contribution is 2.32. The number of hydrogen-bond donors (Lipinski definition) is 2. The topological polar surface area (TPSA) is 91.7 Å². The Bertz CT molecular complexity index is 1080. The number of hydrogen-bond acceptors (Lipinski definition) is 3. The van der Waals surface area contributed by atoms with Crippen LogP contribution in [0.5, 0.6) is 0 Å². The van der Waals surface area contributed by atoms with Crippen LogP contribution in [0.25, 0.3) is 16.3 Å². The van der Waals surface area contributed by atoms with Crippen LogP contribution in [0.3, 0.4) is 0 Å². The van der Waals surface area contributed by atoms with Crippen LogP contribution < -0.4 is 0 Å². The first-order valence-electron chi connectivity index (χ1n) is 8.71. The Morgan fingerprint density at radius 3 is 2.04 bits per heavy atom. The molecule has 0 amide bonds. The summed E-state index contributed by atoms with van der Waals surface area (Å²) in [4.78, 5) is 36.0. The highest BCUT2D eigenvalue weighted by atomic mass is 16.4. The van der Waals surface area contributed by atoms with Crippen molar-refractivity contribution in [3.05, 3.63) is 89.5 Å². The zero-order valence-electron chi connectivity index (χ0n) is 15.0. The third-order valence-corrected chi connectivity index (χ3v) is 4.50. The number of rotatable bonds is 7. The number of benzene rings is 3. The summed E-state index contributed by atoms with van der Waals surface area (Å²) in [5.41, 5.74) is 0.940. The minimum absolute atomic E-state index is 0.201. The van der Waals surface area contributed by atoms with Crippen LogP contribution in [0.1, 0.15) is 28.8 Å². The van der Waals surface area contributed by atoms with Gasteiger partial charge >= 0.3 is 11.9 Å². The van der Waals surface area contributed by atoms with Gasteiger partial charge in [0, 0.05) is 12.0 Å². The van der Waals surface area contributed by atoms with Gasteiger partial charge < -0.3 is 10.2 Å². The molecule has 0 aliphatic heterocycles. The summed E-state index contributed by atoms with van der Waals surface area (Å²) in [7, 11) is 0. The van der Waals surface area contributed by atoms with Crippen molar-refractivity contribution in [1.29, 1.82) is 0 Å². The quantitative estimate of drug-likeness (QED) is 0.472. The molecule has 0 fully saturated rings. The second-order valence-corrected chi connectivity index (χ2v) is 6.33. The number of carbonyl (C=O) groups is 3. The maximum absolute atomic E-state index is 12.8. The lowest BCUT2D eigenvalue weighted by atomic mass is 9.89. The van der Waals surface area contributed by atoms with Crippen molar-refractivity contribution in [3.63, 3.8) is 0 Å². The molecule has 0 unspecified atom stereocenters. The van der Waals surface area contributed by atoms with Crippen molar-refractivity contribution in [3.8, 4) is 0 Å². The third-order valence-electron chi connectivity index (χ3n) is 4.50. The van der Waals surface area contributed by atoms with Crippen LogP contribution in [0.2, 0.25) is 0 Å². The first-order chi connectivity index (χ1) is 13.5. The van der Waals surface area contributed by atoms with Gasteiger partial charge in [0.25, 0.3) is 0 Å². The zero-order valence-corrected chi connectivity index (χ0v) is 15.0. The molecular weight excluding hydrogens is 356 g/mol. The van der Waals surface area contributed by atoms with Gasteiger partial charge in [-0.05, 0) is 21.9 Å². The van der Waals surface area contributed by atoms with Gasteiger partial charge in [0.2, 0.25) is 0 Å². The van der Waals surface area contributed by atoms with E-state index in [-0.39, 0.29) is 23.4 Å². The predicted molar refractivity (Wildman–Crippen MR) is 106 cm³/mol. The highest BCUT2D eigenvalue weighted by molar-refractivity contribution is 6.11. The molecule has 0 spiro atoms. The molecule has 3 aromatic carbocycles. The Labute approximate surface area is 161 Å². The minimum atomic E-state index is -1.34. The fraction of sp³-hybridized carbons (Fsp3) is 0.0870. The number of carboxylic acids is 2. The van der Waals surface area contributed by atoms with Crippen molar-refractivity contribution < 1.29 is 24.6 Å². The standard InChI is InChI=1S/C23H18O5/c24-21(16-8-2-1-3-9-16)13-19(20(23(27)28)14-22(25)26)18-12-6-10-15-7-4-5-11-17(15)18/h1-12H,13-14H2,(H,25,26)(H,27,28). The van der Waals surface area contributed by atoms with E-state index < -0.39 is 18.4 Å². The maximum atomic E-state index is 12.8. The molecule has 0 atom stereocenters. The van der Waals surface area contributed by atoms with E-state index in [1.165, 1.54) is 0 Å². The molecule has 0 heterocycles.